The molecule has 0 spiro atoms. The van der Waals surface area contributed by atoms with Crippen LogP contribution < -0.4 is 5.32 Å². The second kappa shape index (κ2) is 5.93. The van der Waals surface area contributed by atoms with E-state index in [9.17, 15) is 5.11 Å². The molecule has 1 aromatic carbocycles. The lowest BCUT2D eigenvalue weighted by atomic mass is 9.91. The number of phenols is 1. The van der Waals surface area contributed by atoms with E-state index in [0.717, 1.165) is 32.5 Å². The lowest BCUT2D eigenvalue weighted by molar-refractivity contribution is 0.0408. The van der Waals surface area contributed by atoms with Crippen molar-refractivity contribution in [1.82, 2.24) is 10.2 Å². The average Bonchev–Trinajstić information content (AvgIpc) is 2.41. The fourth-order valence-electron chi connectivity index (χ4n) is 2.78. The topological polar surface area (TPSA) is 35.5 Å². The molecule has 1 heterocycles. The van der Waals surface area contributed by atoms with Gasteiger partial charge in [0.2, 0.25) is 0 Å². The third-order valence-electron chi connectivity index (χ3n) is 4.51. The molecule has 1 aromatic rings. The fraction of sp³-hybridized carbons (Fsp3) is 0.625. The summed E-state index contributed by atoms with van der Waals surface area (Å²) in [6.07, 6.45) is 2.30. The number of aromatic hydroxyl groups is 1. The normalized spacial score (nSPS) is 28.5. The Hall–Kier alpha value is -1.06. The maximum absolute atomic E-state index is 9.60. The molecule has 0 aliphatic carbocycles. The molecule has 1 aliphatic rings. The van der Waals surface area contributed by atoms with Gasteiger partial charge in [-0.3, -0.25) is 4.90 Å². The van der Waals surface area contributed by atoms with Crippen LogP contribution in [0.25, 0.3) is 0 Å². The minimum atomic E-state index is 0.205. The van der Waals surface area contributed by atoms with Crippen LogP contribution in [-0.4, -0.2) is 34.7 Å². The van der Waals surface area contributed by atoms with Crippen LogP contribution in [0.3, 0.4) is 0 Å². The van der Waals surface area contributed by atoms with Crippen LogP contribution in [0, 0.1) is 0 Å². The molecule has 1 aliphatic heterocycles. The van der Waals surface area contributed by atoms with Gasteiger partial charge in [0.25, 0.3) is 0 Å². The average molecular weight is 262 g/mol. The summed E-state index contributed by atoms with van der Waals surface area (Å²) in [6, 6.07) is 8.21. The van der Waals surface area contributed by atoms with Crippen molar-refractivity contribution in [2.75, 3.05) is 13.1 Å². The van der Waals surface area contributed by atoms with Crippen LogP contribution >= 0.6 is 0 Å². The van der Waals surface area contributed by atoms with E-state index in [1.54, 1.807) is 6.07 Å². The SMILES string of the molecule is CCC1CN(Cc2cccc(O)c2)C(C)(CC)CN1. The number of nitrogens with zero attached hydrogens (tertiary/aromatic N) is 1. The van der Waals surface area contributed by atoms with Gasteiger partial charge in [-0.25, -0.2) is 0 Å². The van der Waals surface area contributed by atoms with Crippen molar-refractivity contribution in [3.63, 3.8) is 0 Å². The van der Waals surface area contributed by atoms with E-state index in [1.165, 1.54) is 5.56 Å². The van der Waals surface area contributed by atoms with Crippen LogP contribution in [0.4, 0.5) is 0 Å². The van der Waals surface area contributed by atoms with Crippen LogP contribution in [-0.2, 0) is 6.54 Å². The highest BCUT2D eigenvalue weighted by atomic mass is 16.3. The van der Waals surface area contributed by atoms with Crippen molar-refractivity contribution in [2.45, 2.75) is 51.7 Å². The Labute approximate surface area is 116 Å². The highest BCUT2D eigenvalue weighted by Crippen LogP contribution is 2.26. The second-order valence-electron chi connectivity index (χ2n) is 5.89. The van der Waals surface area contributed by atoms with Gasteiger partial charge in [0, 0.05) is 31.2 Å². The van der Waals surface area contributed by atoms with E-state index in [2.05, 4.69) is 37.1 Å². The summed E-state index contributed by atoms with van der Waals surface area (Å²) in [5.74, 6) is 0.359. The van der Waals surface area contributed by atoms with Crippen molar-refractivity contribution < 1.29 is 5.11 Å². The Morgan fingerprint density at radius 2 is 2.21 bits per heavy atom. The van der Waals surface area contributed by atoms with Crippen molar-refractivity contribution in [1.29, 1.82) is 0 Å². The molecular weight excluding hydrogens is 236 g/mol. The molecule has 2 rings (SSSR count). The lowest BCUT2D eigenvalue weighted by Gasteiger charge is -2.48. The molecule has 2 unspecified atom stereocenters. The molecule has 0 amide bonds. The summed E-state index contributed by atoms with van der Waals surface area (Å²) in [5, 5.41) is 13.2. The van der Waals surface area contributed by atoms with Crippen LogP contribution in [0.15, 0.2) is 24.3 Å². The predicted molar refractivity (Wildman–Crippen MR) is 79.3 cm³/mol. The first-order chi connectivity index (χ1) is 9.07. The zero-order valence-corrected chi connectivity index (χ0v) is 12.3. The van der Waals surface area contributed by atoms with E-state index in [4.69, 9.17) is 0 Å². The maximum atomic E-state index is 9.60. The molecule has 106 valence electrons. The van der Waals surface area contributed by atoms with Gasteiger partial charge in [-0.05, 0) is 37.5 Å². The lowest BCUT2D eigenvalue weighted by Crippen LogP contribution is -2.62. The number of phenolic OH excluding ortho intramolecular Hbond substituents is 1. The minimum Gasteiger partial charge on any atom is -0.508 e. The van der Waals surface area contributed by atoms with Gasteiger partial charge in [0.15, 0.2) is 0 Å². The van der Waals surface area contributed by atoms with E-state index < -0.39 is 0 Å². The van der Waals surface area contributed by atoms with E-state index in [-0.39, 0.29) is 5.54 Å². The standard InChI is InChI=1S/C16H26N2O/c1-4-14-11-18(16(3,5-2)12-17-14)10-13-7-6-8-15(19)9-13/h6-9,14,17,19H,4-5,10-12H2,1-3H3. The van der Waals surface area contributed by atoms with E-state index in [0.29, 0.717) is 11.8 Å². The first kappa shape index (κ1) is 14.4. The molecule has 0 bridgehead atoms. The van der Waals surface area contributed by atoms with E-state index in [1.807, 2.05) is 12.1 Å². The van der Waals surface area contributed by atoms with Crippen molar-refractivity contribution in [3.8, 4) is 5.75 Å². The molecular formula is C16H26N2O. The first-order valence-corrected chi connectivity index (χ1v) is 7.33. The zero-order valence-electron chi connectivity index (χ0n) is 12.3. The predicted octanol–water partition coefficient (Wildman–Crippen LogP) is 2.74. The number of piperazine rings is 1. The molecule has 19 heavy (non-hydrogen) atoms. The quantitative estimate of drug-likeness (QED) is 0.876. The Morgan fingerprint density at radius 3 is 2.84 bits per heavy atom. The molecule has 0 aromatic heterocycles. The largest absolute Gasteiger partial charge is 0.508 e. The number of rotatable bonds is 4. The maximum Gasteiger partial charge on any atom is 0.115 e. The van der Waals surface area contributed by atoms with Crippen LogP contribution in [0.5, 0.6) is 5.75 Å². The summed E-state index contributed by atoms with van der Waals surface area (Å²) in [4.78, 5) is 2.56. The summed E-state index contributed by atoms with van der Waals surface area (Å²) in [6.45, 7) is 9.85. The Bertz CT molecular complexity index is 421. The van der Waals surface area contributed by atoms with Crippen LogP contribution in [0.2, 0.25) is 0 Å². The third-order valence-corrected chi connectivity index (χ3v) is 4.51. The third kappa shape index (κ3) is 3.28. The number of benzene rings is 1. The summed E-state index contributed by atoms with van der Waals surface area (Å²) < 4.78 is 0. The monoisotopic (exact) mass is 262 g/mol. The molecule has 2 atom stereocenters. The molecule has 3 nitrogen and oxygen atoms in total. The molecule has 1 fully saturated rings. The van der Waals surface area contributed by atoms with Gasteiger partial charge >= 0.3 is 0 Å². The molecule has 0 saturated carbocycles. The fourth-order valence-corrected chi connectivity index (χ4v) is 2.78. The Kier molecular flexibility index (Phi) is 4.48. The number of hydrogen-bond donors (Lipinski definition) is 2. The van der Waals surface area contributed by atoms with Crippen molar-refractivity contribution in [3.05, 3.63) is 29.8 Å². The first-order valence-electron chi connectivity index (χ1n) is 7.33. The van der Waals surface area contributed by atoms with Gasteiger partial charge in [-0.15, -0.1) is 0 Å². The highest BCUT2D eigenvalue weighted by Gasteiger charge is 2.35. The van der Waals surface area contributed by atoms with E-state index >= 15 is 0 Å². The van der Waals surface area contributed by atoms with Crippen molar-refractivity contribution >= 4 is 0 Å². The molecule has 1 saturated heterocycles. The van der Waals surface area contributed by atoms with Gasteiger partial charge in [0.1, 0.15) is 5.75 Å². The summed E-state index contributed by atoms with van der Waals surface area (Å²) in [5.41, 5.74) is 1.40. The molecule has 0 radical (unpaired) electrons. The Morgan fingerprint density at radius 1 is 1.42 bits per heavy atom. The van der Waals surface area contributed by atoms with Gasteiger partial charge in [-0.1, -0.05) is 26.0 Å². The number of nitrogens with one attached hydrogen (secondary N) is 1. The van der Waals surface area contributed by atoms with Gasteiger partial charge in [-0.2, -0.15) is 0 Å². The molecule has 2 N–H and O–H groups in total. The van der Waals surface area contributed by atoms with Gasteiger partial charge in [0.05, 0.1) is 0 Å². The second-order valence-corrected chi connectivity index (χ2v) is 5.89. The Balaban J connectivity index is 2.14. The van der Waals surface area contributed by atoms with Crippen LogP contribution in [0.1, 0.15) is 39.2 Å². The highest BCUT2D eigenvalue weighted by molar-refractivity contribution is 5.27. The molecule has 3 heteroatoms. The summed E-state index contributed by atoms with van der Waals surface area (Å²) in [7, 11) is 0. The van der Waals surface area contributed by atoms with Crippen molar-refractivity contribution in [2.24, 2.45) is 0 Å². The smallest absolute Gasteiger partial charge is 0.115 e. The van der Waals surface area contributed by atoms with Gasteiger partial charge < -0.3 is 10.4 Å². The zero-order chi connectivity index (χ0) is 13.9. The minimum absolute atomic E-state index is 0.205. The number of hydrogen-bond acceptors (Lipinski definition) is 3. The summed E-state index contributed by atoms with van der Waals surface area (Å²) >= 11 is 0.